The van der Waals surface area contributed by atoms with E-state index >= 15 is 0 Å². The highest BCUT2D eigenvalue weighted by Crippen LogP contribution is 2.25. The molecule has 1 aliphatic rings. The quantitative estimate of drug-likeness (QED) is 0.585. The minimum atomic E-state index is -0.189. The number of hydrogen-bond acceptors (Lipinski definition) is 9. The van der Waals surface area contributed by atoms with Crippen LogP contribution in [0.2, 0.25) is 10.6 Å². The summed E-state index contributed by atoms with van der Waals surface area (Å²) in [6.07, 6.45) is 3.42. The van der Waals surface area contributed by atoms with E-state index in [0.717, 1.165) is 12.2 Å². The number of anilines is 2. The minimum absolute atomic E-state index is 0.0758. The number of carbonyl (C=O) groups is 1. The third kappa shape index (κ3) is 5.66. The van der Waals surface area contributed by atoms with Gasteiger partial charge in [-0.2, -0.15) is 15.0 Å². The molecule has 9 nitrogen and oxygen atoms in total. The first-order valence-corrected chi connectivity index (χ1v) is 10.7. The van der Waals surface area contributed by atoms with Gasteiger partial charge in [-0.25, -0.2) is 9.97 Å². The first-order chi connectivity index (χ1) is 14.4. The fourth-order valence-electron chi connectivity index (χ4n) is 3.55. The number of aromatic nitrogens is 5. The molecule has 0 bridgehead atoms. The lowest BCUT2D eigenvalue weighted by Gasteiger charge is -2.44. The van der Waals surface area contributed by atoms with Gasteiger partial charge in [0.1, 0.15) is 11.6 Å². The van der Waals surface area contributed by atoms with Crippen LogP contribution in [-0.2, 0) is 16.0 Å². The molecule has 0 aliphatic carbocycles. The van der Waals surface area contributed by atoms with Gasteiger partial charge in [-0.15, -0.1) is 0 Å². The molecule has 11 heteroatoms. The number of hydrogen-bond donors (Lipinski definition) is 0. The number of piperazine rings is 1. The third-order valence-electron chi connectivity index (χ3n) is 4.78. The molecule has 0 saturated carbocycles. The second-order valence-corrected chi connectivity index (χ2v) is 7.91. The lowest BCUT2D eigenvalue weighted by Crippen LogP contribution is -2.57. The fourth-order valence-corrected chi connectivity index (χ4v) is 3.91. The van der Waals surface area contributed by atoms with Crippen molar-refractivity contribution >= 4 is 40.9 Å². The SMILES string of the molecule is CCCC(=O)OCCc1nccc(N2C[C@@H](C)N(c3nc(Cl)nc(Cl)n3)[C@@H](C)C2)n1. The van der Waals surface area contributed by atoms with Gasteiger partial charge in [-0.3, -0.25) is 4.79 Å². The lowest BCUT2D eigenvalue weighted by molar-refractivity contribution is -0.143. The van der Waals surface area contributed by atoms with E-state index in [0.29, 0.717) is 37.7 Å². The summed E-state index contributed by atoms with van der Waals surface area (Å²) in [7, 11) is 0. The van der Waals surface area contributed by atoms with Gasteiger partial charge < -0.3 is 14.5 Å². The maximum Gasteiger partial charge on any atom is 0.305 e. The van der Waals surface area contributed by atoms with E-state index in [2.05, 4.69) is 48.6 Å². The molecule has 1 aliphatic heterocycles. The van der Waals surface area contributed by atoms with E-state index in [-0.39, 0.29) is 35.2 Å². The average Bonchev–Trinajstić information content (AvgIpc) is 2.67. The summed E-state index contributed by atoms with van der Waals surface area (Å²) in [5.41, 5.74) is 0. The number of ether oxygens (including phenoxy) is 1. The standard InChI is InChI=1S/C19H25Cl2N7O2/c1-4-5-16(29)30-9-7-14-22-8-6-15(23-14)27-10-12(2)28(13(3)11-27)19-25-17(20)24-18(21)26-19/h6,8,12-13H,4-5,7,9-11H2,1-3H3/t12-,13+. The highest BCUT2D eigenvalue weighted by Gasteiger charge is 2.32. The van der Waals surface area contributed by atoms with E-state index in [4.69, 9.17) is 27.9 Å². The van der Waals surface area contributed by atoms with Gasteiger partial charge in [-0.1, -0.05) is 6.92 Å². The van der Waals surface area contributed by atoms with Crippen molar-refractivity contribution in [2.24, 2.45) is 0 Å². The van der Waals surface area contributed by atoms with Crippen molar-refractivity contribution in [2.45, 2.75) is 52.1 Å². The fraction of sp³-hybridized carbons (Fsp3) is 0.579. The summed E-state index contributed by atoms with van der Waals surface area (Å²) in [6, 6.07) is 2.08. The second-order valence-electron chi connectivity index (χ2n) is 7.24. The van der Waals surface area contributed by atoms with Crippen LogP contribution < -0.4 is 9.80 Å². The Hall–Kier alpha value is -2.26. The molecule has 2 atom stereocenters. The van der Waals surface area contributed by atoms with Gasteiger partial charge in [0.15, 0.2) is 0 Å². The Kier molecular flexibility index (Phi) is 7.60. The number of rotatable bonds is 7. The number of halogens is 2. The predicted molar refractivity (Wildman–Crippen MR) is 115 cm³/mol. The van der Waals surface area contributed by atoms with Gasteiger partial charge in [0.05, 0.1) is 6.61 Å². The normalized spacial score (nSPS) is 19.1. The second kappa shape index (κ2) is 10.2. The molecule has 2 aromatic rings. The first-order valence-electron chi connectivity index (χ1n) is 9.95. The zero-order valence-electron chi connectivity index (χ0n) is 17.3. The van der Waals surface area contributed by atoms with Crippen LogP contribution in [0.4, 0.5) is 11.8 Å². The number of carbonyl (C=O) groups excluding carboxylic acids is 1. The number of nitrogens with zero attached hydrogens (tertiary/aromatic N) is 7. The predicted octanol–water partition coefficient (Wildman–Crippen LogP) is 2.96. The Balaban J connectivity index is 1.66. The van der Waals surface area contributed by atoms with Crippen LogP contribution in [0.1, 0.15) is 39.4 Å². The van der Waals surface area contributed by atoms with E-state index < -0.39 is 0 Å². The van der Waals surface area contributed by atoms with Crippen molar-refractivity contribution in [1.82, 2.24) is 24.9 Å². The third-order valence-corrected chi connectivity index (χ3v) is 5.11. The molecular formula is C19H25Cl2N7O2. The Bertz CT molecular complexity index is 853. The molecule has 3 rings (SSSR count). The van der Waals surface area contributed by atoms with Gasteiger partial charge in [0.2, 0.25) is 16.5 Å². The van der Waals surface area contributed by atoms with Crippen molar-refractivity contribution in [3.05, 3.63) is 28.7 Å². The Labute approximate surface area is 185 Å². The van der Waals surface area contributed by atoms with Crippen molar-refractivity contribution in [3.63, 3.8) is 0 Å². The van der Waals surface area contributed by atoms with E-state index in [9.17, 15) is 4.79 Å². The van der Waals surface area contributed by atoms with Crippen LogP contribution >= 0.6 is 23.2 Å². The van der Waals surface area contributed by atoms with Gasteiger partial charge in [0.25, 0.3) is 0 Å². The van der Waals surface area contributed by atoms with Crippen LogP contribution in [-0.4, -0.2) is 62.7 Å². The molecule has 30 heavy (non-hydrogen) atoms. The summed E-state index contributed by atoms with van der Waals surface area (Å²) >= 11 is 11.9. The highest BCUT2D eigenvalue weighted by atomic mass is 35.5. The summed E-state index contributed by atoms with van der Waals surface area (Å²) in [5, 5.41) is 0.152. The monoisotopic (exact) mass is 453 g/mol. The zero-order chi connectivity index (χ0) is 21.7. The summed E-state index contributed by atoms with van der Waals surface area (Å²) < 4.78 is 5.21. The minimum Gasteiger partial charge on any atom is -0.465 e. The molecule has 0 radical (unpaired) electrons. The van der Waals surface area contributed by atoms with Gasteiger partial charge in [-0.05, 0) is 49.5 Å². The van der Waals surface area contributed by atoms with Crippen LogP contribution in [0.15, 0.2) is 12.3 Å². The molecule has 3 heterocycles. The van der Waals surface area contributed by atoms with Crippen LogP contribution in [0.5, 0.6) is 0 Å². The zero-order valence-corrected chi connectivity index (χ0v) is 18.8. The Morgan fingerprint density at radius 3 is 2.43 bits per heavy atom. The van der Waals surface area contributed by atoms with Crippen LogP contribution in [0, 0.1) is 0 Å². The van der Waals surface area contributed by atoms with E-state index in [1.54, 1.807) is 6.20 Å². The highest BCUT2D eigenvalue weighted by molar-refractivity contribution is 6.31. The summed E-state index contributed by atoms with van der Waals surface area (Å²) in [5.74, 6) is 1.77. The average molecular weight is 454 g/mol. The first kappa shape index (κ1) is 22.4. The van der Waals surface area contributed by atoms with E-state index in [1.165, 1.54) is 0 Å². The summed E-state index contributed by atoms with van der Waals surface area (Å²) in [4.78, 5) is 37.0. The molecule has 1 saturated heterocycles. The molecule has 0 N–H and O–H groups in total. The molecule has 1 fully saturated rings. The molecule has 0 amide bonds. The van der Waals surface area contributed by atoms with Crippen LogP contribution in [0.25, 0.3) is 0 Å². The van der Waals surface area contributed by atoms with Crippen molar-refractivity contribution in [3.8, 4) is 0 Å². The van der Waals surface area contributed by atoms with Crippen LogP contribution in [0.3, 0.4) is 0 Å². The maximum absolute atomic E-state index is 11.5. The van der Waals surface area contributed by atoms with Gasteiger partial charge >= 0.3 is 5.97 Å². The number of esters is 1. The van der Waals surface area contributed by atoms with Gasteiger partial charge in [0, 0.05) is 44.2 Å². The van der Waals surface area contributed by atoms with Crippen molar-refractivity contribution in [2.75, 3.05) is 29.5 Å². The Morgan fingerprint density at radius 1 is 1.13 bits per heavy atom. The molecule has 2 aromatic heterocycles. The molecule has 0 unspecified atom stereocenters. The maximum atomic E-state index is 11.5. The van der Waals surface area contributed by atoms with E-state index in [1.807, 2.05) is 13.0 Å². The van der Waals surface area contributed by atoms with Crippen molar-refractivity contribution in [1.29, 1.82) is 0 Å². The lowest BCUT2D eigenvalue weighted by atomic mass is 10.1. The topological polar surface area (TPSA) is 97.2 Å². The van der Waals surface area contributed by atoms with Crippen molar-refractivity contribution < 1.29 is 9.53 Å². The molecule has 0 aromatic carbocycles. The molecule has 0 spiro atoms. The summed E-state index contributed by atoms with van der Waals surface area (Å²) in [6.45, 7) is 7.83. The molecular weight excluding hydrogens is 429 g/mol. The Morgan fingerprint density at radius 2 is 1.80 bits per heavy atom. The largest absolute Gasteiger partial charge is 0.465 e. The smallest absolute Gasteiger partial charge is 0.305 e. The molecule has 162 valence electrons.